The fourth-order valence-electron chi connectivity index (χ4n) is 3.37. The van der Waals surface area contributed by atoms with E-state index in [-0.39, 0.29) is 18.9 Å². The number of carbonyl (C=O) groups is 1. The molecule has 7 heteroatoms. The minimum Gasteiger partial charge on any atom is -0.292 e. The lowest BCUT2D eigenvalue weighted by atomic mass is 10.0. The molecule has 0 amide bonds. The van der Waals surface area contributed by atoms with Crippen LogP contribution in [-0.2, 0) is 32.5 Å². The van der Waals surface area contributed by atoms with Gasteiger partial charge in [0.05, 0.1) is 19.6 Å². The Kier molecular flexibility index (Phi) is 5.21. The molecule has 0 radical (unpaired) electrons. The predicted octanol–water partition coefficient (Wildman–Crippen LogP) is 0.915. The van der Waals surface area contributed by atoms with Gasteiger partial charge in [-0.05, 0) is 36.5 Å². The Hall–Kier alpha value is -3.22. The van der Waals surface area contributed by atoms with E-state index in [9.17, 15) is 19.2 Å². The van der Waals surface area contributed by atoms with Crippen molar-refractivity contribution in [1.82, 2.24) is 13.7 Å². The van der Waals surface area contributed by atoms with E-state index in [2.05, 4.69) is 13.2 Å². The molecule has 7 nitrogen and oxygen atoms in total. The molecule has 1 heterocycles. The highest BCUT2D eigenvalue weighted by molar-refractivity contribution is 5.96. The predicted molar refractivity (Wildman–Crippen MR) is 102 cm³/mol. The van der Waals surface area contributed by atoms with Crippen LogP contribution in [0.25, 0.3) is 0 Å². The third-order valence-corrected chi connectivity index (χ3v) is 4.73. The molecule has 0 spiro atoms. The summed E-state index contributed by atoms with van der Waals surface area (Å²) in [5.41, 5.74) is 0.439. The minimum absolute atomic E-state index is 0.0534. The second-order valence-electron chi connectivity index (χ2n) is 6.49. The molecule has 1 aromatic carbocycles. The van der Waals surface area contributed by atoms with Crippen molar-refractivity contribution in [2.24, 2.45) is 0 Å². The van der Waals surface area contributed by atoms with Gasteiger partial charge < -0.3 is 0 Å². The quantitative estimate of drug-likeness (QED) is 0.538. The number of fused-ring (bicyclic) bond motifs is 1. The molecule has 0 fully saturated rings. The van der Waals surface area contributed by atoms with Gasteiger partial charge in [-0.2, -0.15) is 0 Å². The molecule has 3 rings (SSSR count). The summed E-state index contributed by atoms with van der Waals surface area (Å²) in [5, 5.41) is 0. The SMILES string of the molecule is C=CCn1c(=O)n(CC=C)c(=O)n(CC(=O)c2ccc3c(c2)CCC3)c1=O. The average molecular weight is 367 g/mol. The van der Waals surface area contributed by atoms with Gasteiger partial charge in [-0.25, -0.2) is 28.1 Å². The standard InChI is InChI=1S/C20H21N3O4/c1-3-10-21-18(25)22(11-4-2)20(27)23(19(21)26)13-17(24)16-9-8-14-6-5-7-15(14)12-16/h3-4,8-9,12H,1-2,5-7,10-11,13H2. The monoisotopic (exact) mass is 367 g/mol. The summed E-state index contributed by atoms with van der Waals surface area (Å²) in [5.74, 6) is -0.349. The van der Waals surface area contributed by atoms with Gasteiger partial charge >= 0.3 is 17.1 Å². The Morgan fingerprint density at radius 2 is 1.44 bits per heavy atom. The number of hydrogen-bond donors (Lipinski definition) is 0. The summed E-state index contributed by atoms with van der Waals surface area (Å²) >= 11 is 0. The van der Waals surface area contributed by atoms with E-state index in [4.69, 9.17) is 0 Å². The molecule has 1 aromatic heterocycles. The molecule has 0 atom stereocenters. The number of rotatable bonds is 7. The summed E-state index contributed by atoms with van der Waals surface area (Å²) in [4.78, 5) is 50.3. The van der Waals surface area contributed by atoms with Crippen LogP contribution in [0, 0.1) is 0 Å². The lowest BCUT2D eigenvalue weighted by Crippen LogP contribution is -2.55. The van der Waals surface area contributed by atoms with Crippen LogP contribution in [0.5, 0.6) is 0 Å². The van der Waals surface area contributed by atoms with E-state index in [1.54, 1.807) is 6.07 Å². The first kappa shape index (κ1) is 18.6. The number of ketones is 1. The van der Waals surface area contributed by atoms with Gasteiger partial charge in [-0.3, -0.25) is 4.79 Å². The van der Waals surface area contributed by atoms with E-state index >= 15 is 0 Å². The number of aryl methyl sites for hydroxylation is 2. The van der Waals surface area contributed by atoms with Crippen molar-refractivity contribution in [3.05, 3.63) is 91.7 Å². The Balaban J connectivity index is 2.05. The van der Waals surface area contributed by atoms with Gasteiger partial charge in [-0.1, -0.05) is 24.3 Å². The van der Waals surface area contributed by atoms with Crippen LogP contribution in [0.3, 0.4) is 0 Å². The maximum atomic E-state index is 12.7. The molecule has 140 valence electrons. The summed E-state index contributed by atoms with van der Waals surface area (Å²) in [6.07, 6.45) is 5.76. The molecule has 0 N–H and O–H groups in total. The number of hydrogen-bond acceptors (Lipinski definition) is 4. The number of Topliss-reactive ketones (excluding diaryl/α,β-unsaturated/α-hetero) is 1. The van der Waals surface area contributed by atoms with Crippen LogP contribution in [-0.4, -0.2) is 19.5 Å². The molecule has 0 aliphatic heterocycles. The van der Waals surface area contributed by atoms with Gasteiger partial charge in [0.1, 0.15) is 0 Å². The van der Waals surface area contributed by atoms with Gasteiger partial charge in [0, 0.05) is 5.56 Å². The molecule has 0 saturated carbocycles. The van der Waals surface area contributed by atoms with E-state index in [1.165, 1.54) is 17.7 Å². The summed E-state index contributed by atoms with van der Waals surface area (Å²) in [6.45, 7) is 6.52. The van der Waals surface area contributed by atoms with Crippen molar-refractivity contribution in [2.75, 3.05) is 0 Å². The van der Waals surface area contributed by atoms with Crippen molar-refractivity contribution in [2.45, 2.75) is 38.9 Å². The van der Waals surface area contributed by atoms with Gasteiger partial charge in [-0.15, -0.1) is 13.2 Å². The third kappa shape index (κ3) is 3.40. The third-order valence-electron chi connectivity index (χ3n) is 4.73. The van der Waals surface area contributed by atoms with Crippen molar-refractivity contribution in [3.63, 3.8) is 0 Å². The molecular weight excluding hydrogens is 346 g/mol. The molecule has 1 aliphatic carbocycles. The minimum atomic E-state index is -0.820. The van der Waals surface area contributed by atoms with Crippen LogP contribution in [0.15, 0.2) is 57.9 Å². The van der Waals surface area contributed by atoms with Crippen molar-refractivity contribution in [3.8, 4) is 0 Å². The van der Waals surface area contributed by atoms with E-state index < -0.39 is 23.6 Å². The summed E-state index contributed by atoms with van der Waals surface area (Å²) < 4.78 is 2.56. The van der Waals surface area contributed by atoms with E-state index in [1.807, 2.05) is 12.1 Å². The Morgan fingerprint density at radius 3 is 2.04 bits per heavy atom. The zero-order chi connectivity index (χ0) is 19.6. The van der Waals surface area contributed by atoms with E-state index in [0.29, 0.717) is 5.56 Å². The normalized spacial score (nSPS) is 12.6. The summed E-state index contributed by atoms with van der Waals surface area (Å²) in [6, 6.07) is 5.48. The van der Waals surface area contributed by atoms with Gasteiger partial charge in [0.2, 0.25) is 0 Å². The number of carbonyl (C=O) groups excluding carboxylic acids is 1. The fourth-order valence-corrected chi connectivity index (χ4v) is 3.37. The van der Waals surface area contributed by atoms with E-state index in [0.717, 1.165) is 38.5 Å². The zero-order valence-electron chi connectivity index (χ0n) is 15.0. The molecule has 0 saturated heterocycles. The molecule has 0 bridgehead atoms. The van der Waals surface area contributed by atoms with Gasteiger partial charge in [0.15, 0.2) is 5.78 Å². The van der Waals surface area contributed by atoms with Crippen LogP contribution < -0.4 is 17.1 Å². The first-order chi connectivity index (χ1) is 13.0. The zero-order valence-corrected chi connectivity index (χ0v) is 15.0. The maximum absolute atomic E-state index is 12.7. The molecule has 27 heavy (non-hydrogen) atoms. The number of allylic oxidation sites excluding steroid dienone is 2. The van der Waals surface area contributed by atoms with Crippen molar-refractivity contribution >= 4 is 5.78 Å². The van der Waals surface area contributed by atoms with Gasteiger partial charge in [0.25, 0.3) is 0 Å². The molecule has 2 aromatic rings. The molecular formula is C20H21N3O4. The Labute approximate surface area is 155 Å². The highest BCUT2D eigenvalue weighted by Gasteiger charge is 2.19. The second-order valence-corrected chi connectivity index (χ2v) is 6.49. The number of nitrogens with zero attached hydrogens (tertiary/aromatic N) is 3. The lowest BCUT2D eigenvalue weighted by Gasteiger charge is -2.12. The first-order valence-electron chi connectivity index (χ1n) is 8.79. The topological polar surface area (TPSA) is 83.1 Å². The second kappa shape index (κ2) is 7.57. The largest absolute Gasteiger partial charge is 0.337 e. The van der Waals surface area contributed by atoms with Crippen LogP contribution >= 0.6 is 0 Å². The van der Waals surface area contributed by atoms with Crippen LogP contribution in [0.1, 0.15) is 27.9 Å². The maximum Gasteiger partial charge on any atom is 0.337 e. The molecule has 1 aliphatic rings. The molecule has 0 unspecified atom stereocenters. The highest BCUT2D eigenvalue weighted by atomic mass is 16.2. The Bertz CT molecular complexity index is 1050. The van der Waals surface area contributed by atoms with Crippen molar-refractivity contribution in [1.29, 1.82) is 0 Å². The number of aromatic nitrogens is 3. The first-order valence-corrected chi connectivity index (χ1v) is 8.79. The Morgan fingerprint density at radius 1 is 0.889 bits per heavy atom. The van der Waals surface area contributed by atoms with Crippen molar-refractivity contribution < 1.29 is 4.79 Å². The average Bonchev–Trinajstić information content (AvgIpc) is 3.13. The fraction of sp³-hybridized carbons (Fsp3) is 0.300. The van der Waals surface area contributed by atoms with Crippen LogP contribution in [0.4, 0.5) is 0 Å². The lowest BCUT2D eigenvalue weighted by molar-refractivity contribution is 0.0966. The smallest absolute Gasteiger partial charge is 0.292 e. The van der Waals surface area contributed by atoms with Crippen LogP contribution in [0.2, 0.25) is 0 Å². The highest BCUT2D eigenvalue weighted by Crippen LogP contribution is 2.23. The summed E-state index contributed by atoms with van der Waals surface area (Å²) in [7, 11) is 0. The number of benzene rings is 1.